The van der Waals surface area contributed by atoms with E-state index in [1.165, 1.54) is 5.56 Å². The van der Waals surface area contributed by atoms with E-state index in [4.69, 9.17) is 14.2 Å². The van der Waals surface area contributed by atoms with Crippen molar-refractivity contribution in [2.24, 2.45) is 0 Å². The number of para-hydroxylation sites is 1. The molecule has 0 saturated heterocycles. The van der Waals surface area contributed by atoms with Gasteiger partial charge in [0.05, 0.1) is 19.8 Å². The van der Waals surface area contributed by atoms with Crippen LogP contribution in [0.3, 0.4) is 0 Å². The molecule has 0 aliphatic rings. The van der Waals surface area contributed by atoms with Crippen LogP contribution in [0, 0.1) is 0 Å². The van der Waals surface area contributed by atoms with Crippen molar-refractivity contribution in [3.8, 4) is 5.75 Å². The van der Waals surface area contributed by atoms with Crippen LogP contribution in [0.1, 0.15) is 38.7 Å². The van der Waals surface area contributed by atoms with Gasteiger partial charge in [-0.15, -0.1) is 0 Å². The first-order valence-corrected chi connectivity index (χ1v) is 7.74. The zero-order chi connectivity index (χ0) is 14.5. The molecule has 0 atom stereocenters. The van der Waals surface area contributed by atoms with Crippen molar-refractivity contribution < 1.29 is 14.2 Å². The van der Waals surface area contributed by atoms with E-state index in [0.717, 1.165) is 51.3 Å². The van der Waals surface area contributed by atoms with Crippen molar-refractivity contribution in [1.29, 1.82) is 0 Å². The van der Waals surface area contributed by atoms with Crippen molar-refractivity contribution in [3.63, 3.8) is 0 Å². The van der Waals surface area contributed by atoms with Gasteiger partial charge in [0.15, 0.2) is 0 Å². The third-order valence-electron chi connectivity index (χ3n) is 3.01. The van der Waals surface area contributed by atoms with E-state index in [0.29, 0.717) is 13.2 Å². The standard InChI is InChI=1S/C17H28O3/c1-3-11-18-14-15-19-12-7-8-13-20-17-10-6-5-9-16(17)4-2/h5-6,9-10H,3-4,7-8,11-15H2,1-2H3. The fourth-order valence-electron chi connectivity index (χ4n) is 1.89. The van der Waals surface area contributed by atoms with Crippen molar-refractivity contribution in [2.75, 3.05) is 33.0 Å². The minimum Gasteiger partial charge on any atom is -0.493 e. The van der Waals surface area contributed by atoms with E-state index in [9.17, 15) is 0 Å². The molecular weight excluding hydrogens is 252 g/mol. The molecule has 1 rings (SSSR count). The molecule has 0 N–H and O–H groups in total. The molecule has 0 fully saturated rings. The Bertz CT molecular complexity index is 339. The normalized spacial score (nSPS) is 10.7. The molecule has 0 amide bonds. The van der Waals surface area contributed by atoms with Gasteiger partial charge in [0.1, 0.15) is 5.75 Å². The summed E-state index contributed by atoms with van der Waals surface area (Å²) in [6.45, 7) is 8.02. The maximum Gasteiger partial charge on any atom is 0.122 e. The van der Waals surface area contributed by atoms with Gasteiger partial charge in [-0.05, 0) is 37.3 Å². The van der Waals surface area contributed by atoms with Crippen molar-refractivity contribution in [1.82, 2.24) is 0 Å². The predicted octanol–water partition coefficient (Wildman–Crippen LogP) is 3.85. The fourth-order valence-corrected chi connectivity index (χ4v) is 1.89. The molecule has 0 saturated carbocycles. The number of hydrogen-bond acceptors (Lipinski definition) is 3. The fraction of sp³-hybridized carbons (Fsp3) is 0.647. The van der Waals surface area contributed by atoms with Crippen LogP contribution in [0.25, 0.3) is 0 Å². The maximum absolute atomic E-state index is 5.81. The summed E-state index contributed by atoms with van der Waals surface area (Å²) in [5, 5.41) is 0. The number of unbranched alkanes of at least 4 members (excludes halogenated alkanes) is 1. The second kappa shape index (κ2) is 11.7. The van der Waals surface area contributed by atoms with Gasteiger partial charge in [-0.1, -0.05) is 32.0 Å². The lowest BCUT2D eigenvalue weighted by molar-refractivity contribution is 0.0458. The minimum absolute atomic E-state index is 0.694. The Morgan fingerprint density at radius 2 is 1.50 bits per heavy atom. The average Bonchev–Trinajstić information content (AvgIpc) is 2.49. The van der Waals surface area contributed by atoms with E-state index < -0.39 is 0 Å². The Balaban J connectivity index is 1.97. The summed E-state index contributed by atoms with van der Waals surface area (Å²) in [5.74, 6) is 1.02. The van der Waals surface area contributed by atoms with Crippen LogP contribution < -0.4 is 4.74 Å². The summed E-state index contributed by atoms with van der Waals surface area (Å²) < 4.78 is 16.6. The average molecular weight is 280 g/mol. The van der Waals surface area contributed by atoms with Crippen LogP contribution in [0.15, 0.2) is 24.3 Å². The molecule has 0 unspecified atom stereocenters. The Morgan fingerprint density at radius 3 is 2.25 bits per heavy atom. The van der Waals surface area contributed by atoms with Gasteiger partial charge >= 0.3 is 0 Å². The topological polar surface area (TPSA) is 27.7 Å². The molecule has 1 aromatic carbocycles. The lowest BCUT2D eigenvalue weighted by Crippen LogP contribution is -2.07. The van der Waals surface area contributed by atoms with Gasteiger partial charge in [0.2, 0.25) is 0 Å². The van der Waals surface area contributed by atoms with Gasteiger partial charge in [-0.3, -0.25) is 0 Å². The zero-order valence-corrected chi connectivity index (χ0v) is 12.9. The molecule has 20 heavy (non-hydrogen) atoms. The minimum atomic E-state index is 0.694. The molecule has 114 valence electrons. The Kier molecular flexibility index (Phi) is 9.98. The molecule has 0 aliphatic heterocycles. The lowest BCUT2D eigenvalue weighted by atomic mass is 10.1. The van der Waals surface area contributed by atoms with Crippen LogP contribution in [-0.4, -0.2) is 33.0 Å². The van der Waals surface area contributed by atoms with Crippen LogP contribution >= 0.6 is 0 Å². The SMILES string of the molecule is CCCOCCOCCCCOc1ccccc1CC. The Hall–Kier alpha value is -1.06. The summed E-state index contributed by atoms with van der Waals surface area (Å²) in [6, 6.07) is 8.24. The first-order valence-electron chi connectivity index (χ1n) is 7.74. The first-order chi connectivity index (χ1) is 9.88. The van der Waals surface area contributed by atoms with Crippen LogP contribution in [-0.2, 0) is 15.9 Å². The molecule has 0 heterocycles. The van der Waals surface area contributed by atoms with E-state index >= 15 is 0 Å². The largest absolute Gasteiger partial charge is 0.493 e. The molecule has 3 heteroatoms. The maximum atomic E-state index is 5.81. The molecule has 1 aromatic rings. The lowest BCUT2D eigenvalue weighted by Gasteiger charge is -2.10. The van der Waals surface area contributed by atoms with E-state index in [1.807, 2.05) is 12.1 Å². The predicted molar refractivity (Wildman–Crippen MR) is 82.5 cm³/mol. The summed E-state index contributed by atoms with van der Waals surface area (Å²) in [7, 11) is 0. The monoisotopic (exact) mass is 280 g/mol. The van der Waals surface area contributed by atoms with Gasteiger partial charge in [-0.2, -0.15) is 0 Å². The molecule has 0 spiro atoms. The van der Waals surface area contributed by atoms with Crippen LogP contribution in [0.5, 0.6) is 5.75 Å². The third kappa shape index (κ3) is 7.51. The first kappa shape index (κ1) is 17.0. The van der Waals surface area contributed by atoms with Crippen molar-refractivity contribution >= 4 is 0 Å². The van der Waals surface area contributed by atoms with Crippen LogP contribution in [0.4, 0.5) is 0 Å². The number of aryl methyl sites for hydroxylation is 1. The van der Waals surface area contributed by atoms with Gasteiger partial charge in [0, 0.05) is 13.2 Å². The summed E-state index contributed by atoms with van der Waals surface area (Å²) >= 11 is 0. The van der Waals surface area contributed by atoms with E-state index in [1.54, 1.807) is 0 Å². The smallest absolute Gasteiger partial charge is 0.122 e. The summed E-state index contributed by atoms with van der Waals surface area (Å²) in [4.78, 5) is 0. The Labute approximate surface area is 123 Å². The number of hydrogen-bond donors (Lipinski definition) is 0. The molecule has 0 aliphatic carbocycles. The molecule has 0 bridgehead atoms. The molecule has 0 aromatic heterocycles. The van der Waals surface area contributed by atoms with Crippen LogP contribution in [0.2, 0.25) is 0 Å². The second-order valence-corrected chi connectivity index (χ2v) is 4.74. The van der Waals surface area contributed by atoms with Crippen molar-refractivity contribution in [2.45, 2.75) is 39.5 Å². The highest BCUT2D eigenvalue weighted by molar-refractivity contribution is 5.33. The Morgan fingerprint density at radius 1 is 0.800 bits per heavy atom. The number of rotatable bonds is 12. The highest BCUT2D eigenvalue weighted by atomic mass is 16.5. The van der Waals surface area contributed by atoms with E-state index in [-0.39, 0.29) is 0 Å². The zero-order valence-electron chi connectivity index (χ0n) is 12.9. The third-order valence-corrected chi connectivity index (χ3v) is 3.01. The highest BCUT2D eigenvalue weighted by Gasteiger charge is 2.00. The summed E-state index contributed by atoms with van der Waals surface area (Å²) in [5.41, 5.74) is 1.27. The van der Waals surface area contributed by atoms with E-state index in [2.05, 4.69) is 26.0 Å². The van der Waals surface area contributed by atoms with Gasteiger partial charge in [0.25, 0.3) is 0 Å². The van der Waals surface area contributed by atoms with Gasteiger partial charge < -0.3 is 14.2 Å². The van der Waals surface area contributed by atoms with Crippen molar-refractivity contribution in [3.05, 3.63) is 29.8 Å². The quantitative estimate of drug-likeness (QED) is 0.544. The molecule has 0 radical (unpaired) electrons. The molecular formula is C17H28O3. The highest BCUT2D eigenvalue weighted by Crippen LogP contribution is 2.18. The summed E-state index contributed by atoms with van der Waals surface area (Å²) in [6.07, 6.45) is 4.13. The second-order valence-electron chi connectivity index (χ2n) is 4.74. The van der Waals surface area contributed by atoms with Gasteiger partial charge in [-0.25, -0.2) is 0 Å². The molecule has 3 nitrogen and oxygen atoms in total. The number of benzene rings is 1. The number of ether oxygens (including phenoxy) is 3.